The van der Waals surface area contributed by atoms with Gasteiger partial charge in [-0.2, -0.15) is 0 Å². The molecule has 0 unspecified atom stereocenters. The largest absolute Gasteiger partial charge is 0.385 e. The van der Waals surface area contributed by atoms with Gasteiger partial charge < -0.3 is 10.1 Å². The lowest BCUT2D eigenvalue weighted by Gasteiger charge is -2.26. The van der Waals surface area contributed by atoms with Crippen molar-refractivity contribution in [2.24, 2.45) is 5.92 Å². The minimum Gasteiger partial charge on any atom is -0.385 e. The summed E-state index contributed by atoms with van der Waals surface area (Å²) in [5.74, 6) is 0.945. The Hall–Kier alpha value is -0.0800. The van der Waals surface area contributed by atoms with Crippen molar-refractivity contribution in [3.05, 3.63) is 0 Å². The third kappa shape index (κ3) is 2.33. The van der Waals surface area contributed by atoms with E-state index in [9.17, 15) is 0 Å². The number of nitrogens with one attached hydrogen (secondary N) is 1. The molecule has 0 spiro atoms. The van der Waals surface area contributed by atoms with Gasteiger partial charge in [0.1, 0.15) is 0 Å². The second-order valence-corrected chi connectivity index (χ2v) is 2.66. The van der Waals surface area contributed by atoms with Crippen LogP contribution in [0.2, 0.25) is 0 Å². The van der Waals surface area contributed by atoms with E-state index in [1.54, 1.807) is 7.11 Å². The summed E-state index contributed by atoms with van der Waals surface area (Å²) in [6.07, 6.45) is 2.56. The van der Waals surface area contributed by atoms with E-state index in [0.29, 0.717) is 0 Å². The van der Waals surface area contributed by atoms with Gasteiger partial charge in [0.15, 0.2) is 0 Å². The molecule has 9 heavy (non-hydrogen) atoms. The molecular weight excluding hydrogens is 114 g/mol. The highest BCUT2D eigenvalue weighted by atomic mass is 16.5. The molecule has 0 saturated carbocycles. The zero-order valence-electron chi connectivity index (χ0n) is 6.02. The molecule has 0 aliphatic carbocycles. The SMILES string of the molecule is COCCCC1CNC1. The van der Waals surface area contributed by atoms with Crippen LogP contribution in [-0.4, -0.2) is 26.8 Å². The van der Waals surface area contributed by atoms with Gasteiger partial charge in [0.2, 0.25) is 0 Å². The van der Waals surface area contributed by atoms with Crippen molar-refractivity contribution in [2.45, 2.75) is 12.8 Å². The fourth-order valence-corrected chi connectivity index (χ4v) is 1.07. The Balaban J connectivity index is 1.80. The van der Waals surface area contributed by atoms with E-state index in [1.165, 1.54) is 25.9 Å². The molecule has 0 aromatic rings. The molecule has 0 aromatic carbocycles. The van der Waals surface area contributed by atoms with E-state index in [-0.39, 0.29) is 0 Å². The smallest absolute Gasteiger partial charge is 0.0462 e. The van der Waals surface area contributed by atoms with Gasteiger partial charge in [-0.3, -0.25) is 0 Å². The van der Waals surface area contributed by atoms with Gasteiger partial charge >= 0.3 is 0 Å². The Morgan fingerprint density at radius 1 is 1.56 bits per heavy atom. The predicted octanol–water partition coefficient (Wildman–Crippen LogP) is 0.632. The Kier molecular flexibility index (Phi) is 3.01. The highest BCUT2D eigenvalue weighted by Gasteiger charge is 2.14. The lowest BCUT2D eigenvalue weighted by atomic mass is 9.98. The van der Waals surface area contributed by atoms with Crippen molar-refractivity contribution in [3.63, 3.8) is 0 Å². The summed E-state index contributed by atoms with van der Waals surface area (Å²) in [5.41, 5.74) is 0. The summed E-state index contributed by atoms with van der Waals surface area (Å²) in [6.45, 7) is 3.38. The fraction of sp³-hybridized carbons (Fsp3) is 1.00. The molecule has 0 amide bonds. The second-order valence-electron chi connectivity index (χ2n) is 2.66. The van der Waals surface area contributed by atoms with Gasteiger partial charge in [0.05, 0.1) is 0 Å². The van der Waals surface area contributed by atoms with Gasteiger partial charge in [-0.15, -0.1) is 0 Å². The van der Waals surface area contributed by atoms with E-state index in [1.807, 2.05) is 0 Å². The van der Waals surface area contributed by atoms with Crippen molar-refractivity contribution >= 4 is 0 Å². The van der Waals surface area contributed by atoms with Crippen molar-refractivity contribution in [3.8, 4) is 0 Å². The minimum atomic E-state index is 0.927. The number of ether oxygens (including phenoxy) is 1. The normalized spacial score (nSPS) is 19.7. The first-order valence-electron chi connectivity index (χ1n) is 3.63. The molecule has 0 bridgehead atoms. The molecule has 0 atom stereocenters. The maximum absolute atomic E-state index is 4.94. The molecule has 54 valence electrons. The highest BCUT2D eigenvalue weighted by Crippen LogP contribution is 2.09. The summed E-state index contributed by atoms with van der Waals surface area (Å²) < 4.78 is 4.94. The topological polar surface area (TPSA) is 21.3 Å². The van der Waals surface area contributed by atoms with E-state index < -0.39 is 0 Å². The monoisotopic (exact) mass is 129 g/mol. The molecule has 1 fully saturated rings. The Bertz CT molecular complexity index is 71.3. The highest BCUT2D eigenvalue weighted by molar-refractivity contribution is 4.73. The molecule has 1 saturated heterocycles. The molecular formula is C7H15NO. The van der Waals surface area contributed by atoms with Gasteiger partial charge in [0.25, 0.3) is 0 Å². The van der Waals surface area contributed by atoms with Crippen LogP contribution in [0.5, 0.6) is 0 Å². The average molecular weight is 129 g/mol. The molecule has 0 radical (unpaired) electrons. The Morgan fingerprint density at radius 2 is 2.33 bits per heavy atom. The number of hydrogen-bond donors (Lipinski definition) is 1. The van der Waals surface area contributed by atoms with Crippen molar-refractivity contribution in [1.82, 2.24) is 5.32 Å². The van der Waals surface area contributed by atoms with Crippen LogP contribution in [0.4, 0.5) is 0 Å². The molecule has 1 aliphatic heterocycles. The van der Waals surface area contributed by atoms with Gasteiger partial charge in [-0.25, -0.2) is 0 Å². The molecule has 2 heteroatoms. The van der Waals surface area contributed by atoms with Gasteiger partial charge in [-0.1, -0.05) is 0 Å². The lowest BCUT2D eigenvalue weighted by Crippen LogP contribution is -2.41. The number of methoxy groups -OCH3 is 1. The number of hydrogen-bond acceptors (Lipinski definition) is 2. The molecule has 1 aliphatic rings. The third-order valence-electron chi connectivity index (χ3n) is 1.83. The summed E-state index contributed by atoms with van der Waals surface area (Å²) in [7, 11) is 1.76. The van der Waals surface area contributed by atoms with Gasteiger partial charge in [-0.05, 0) is 31.8 Å². The van der Waals surface area contributed by atoms with E-state index in [2.05, 4.69) is 5.32 Å². The van der Waals surface area contributed by atoms with Gasteiger partial charge in [0, 0.05) is 13.7 Å². The predicted molar refractivity (Wildman–Crippen MR) is 37.5 cm³/mol. The van der Waals surface area contributed by atoms with Crippen molar-refractivity contribution in [1.29, 1.82) is 0 Å². The van der Waals surface area contributed by atoms with Crippen LogP contribution in [-0.2, 0) is 4.74 Å². The maximum Gasteiger partial charge on any atom is 0.0462 e. The summed E-state index contributed by atoms with van der Waals surface area (Å²) in [4.78, 5) is 0. The molecule has 1 heterocycles. The first kappa shape index (κ1) is 7.03. The van der Waals surface area contributed by atoms with E-state index in [4.69, 9.17) is 4.74 Å². The first-order chi connectivity index (χ1) is 4.43. The quantitative estimate of drug-likeness (QED) is 0.562. The summed E-state index contributed by atoms with van der Waals surface area (Å²) >= 11 is 0. The maximum atomic E-state index is 4.94. The molecule has 2 nitrogen and oxygen atoms in total. The minimum absolute atomic E-state index is 0.927. The summed E-state index contributed by atoms with van der Waals surface area (Å²) in [6, 6.07) is 0. The first-order valence-corrected chi connectivity index (χ1v) is 3.63. The Labute approximate surface area is 56.6 Å². The van der Waals surface area contributed by atoms with Crippen LogP contribution in [0.15, 0.2) is 0 Å². The standard InChI is InChI=1S/C7H15NO/c1-9-4-2-3-7-5-8-6-7/h7-8H,2-6H2,1H3. The average Bonchev–Trinajstić information content (AvgIpc) is 1.76. The van der Waals surface area contributed by atoms with Crippen LogP contribution < -0.4 is 5.32 Å². The van der Waals surface area contributed by atoms with Crippen LogP contribution >= 0.6 is 0 Å². The van der Waals surface area contributed by atoms with Crippen LogP contribution in [0.1, 0.15) is 12.8 Å². The second kappa shape index (κ2) is 3.85. The van der Waals surface area contributed by atoms with E-state index in [0.717, 1.165) is 12.5 Å². The fourth-order valence-electron chi connectivity index (χ4n) is 1.07. The third-order valence-corrected chi connectivity index (χ3v) is 1.83. The molecule has 0 aromatic heterocycles. The number of rotatable bonds is 4. The van der Waals surface area contributed by atoms with Crippen molar-refractivity contribution in [2.75, 3.05) is 26.8 Å². The molecule has 1 N–H and O–H groups in total. The molecule has 1 rings (SSSR count). The van der Waals surface area contributed by atoms with Crippen LogP contribution in [0.25, 0.3) is 0 Å². The zero-order chi connectivity index (χ0) is 6.53. The zero-order valence-corrected chi connectivity index (χ0v) is 6.02. The summed E-state index contributed by atoms with van der Waals surface area (Å²) in [5, 5.41) is 3.25. The lowest BCUT2D eigenvalue weighted by molar-refractivity contribution is 0.180. The van der Waals surface area contributed by atoms with Crippen LogP contribution in [0, 0.1) is 5.92 Å². The van der Waals surface area contributed by atoms with Crippen molar-refractivity contribution < 1.29 is 4.74 Å². The Morgan fingerprint density at radius 3 is 2.78 bits per heavy atom. The van der Waals surface area contributed by atoms with Crippen LogP contribution in [0.3, 0.4) is 0 Å². The van der Waals surface area contributed by atoms with E-state index >= 15 is 0 Å².